The molecule has 0 aliphatic heterocycles. The highest BCUT2D eigenvalue weighted by molar-refractivity contribution is 5.15. The van der Waals surface area contributed by atoms with Crippen molar-refractivity contribution >= 4 is 0 Å². The van der Waals surface area contributed by atoms with Crippen LogP contribution in [0.25, 0.3) is 0 Å². The van der Waals surface area contributed by atoms with Crippen LogP contribution in [0.1, 0.15) is 101 Å². The molecule has 2 rings (SSSR count). The Morgan fingerprint density at radius 3 is 1.52 bits per heavy atom. The Labute approximate surface area is 172 Å². The van der Waals surface area contributed by atoms with Gasteiger partial charge < -0.3 is 0 Å². The van der Waals surface area contributed by atoms with Crippen molar-refractivity contribution in [1.82, 2.24) is 0 Å². The number of rotatable bonds is 2. The van der Waals surface area contributed by atoms with Crippen LogP contribution in [0, 0.1) is 34.5 Å². The fraction of sp³-hybridized carbons (Fsp3) is 0.704. The summed E-state index contributed by atoms with van der Waals surface area (Å²) < 4.78 is 0. The molecule has 0 amide bonds. The molecule has 1 aliphatic rings. The molecule has 27 heavy (non-hydrogen) atoms. The predicted molar refractivity (Wildman–Crippen MR) is 126 cm³/mol. The van der Waals surface area contributed by atoms with E-state index in [0.29, 0.717) is 16.2 Å². The number of benzene rings is 1. The first-order chi connectivity index (χ1) is 11.7. The zero-order chi connectivity index (χ0) is 20.4. The molecule has 156 valence electrons. The fourth-order valence-corrected chi connectivity index (χ4v) is 2.70. The van der Waals surface area contributed by atoms with E-state index in [0.717, 1.165) is 18.8 Å². The zero-order valence-electron chi connectivity index (χ0n) is 19.1. The van der Waals surface area contributed by atoms with Crippen molar-refractivity contribution in [2.24, 2.45) is 22.2 Å². The third-order valence-electron chi connectivity index (χ3n) is 3.81. The molecule has 0 atom stereocenters. The first-order valence-corrected chi connectivity index (χ1v) is 10.2. The molecule has 0 nitrogen and oxygen atoms in total. The molecular formula is C27H48. The highest BCUT2D eigenvalue weighted by atomic mass is 14.3. The van der Waals surface area contributed by atoms with Crippen LogP contribution in [-0.4, -0.2) is 0 Å². The summed E-state index contributed by atoms with van der Waals surface area (Å²) in [6.07, 6.45) is 11.5. The van der Waals surface area contributed by atoms with Gasteiger partial charge in [-0.25, -0.2) is 0 Å². The first-order valence-electron chi connectivity index (χ1n) is 10.2. The van der Waals surface area contributed by atoms with Gasteiger partial charge in [0.2, 0.25) is 0 Å². The van der Waals surface area contributed by atoms with E-state index in [1.165, 1.54) is 24.8 Å². The fourth-order valence-electron chi connectivity index (χ4n) is 2.70. The topological polar surface area (TPSA) is 0 Å². The summed E-state index contributed by atoms with van der Waals surface area (Å²) in [5.74, 6) is 3.70. The number of terminal acetylenes is 1. The van der Waals surface area contributed by atoms with Crippen LogP contribution in [-0.2, 0) is 6.42 Å². The summed E-state index contributed by atoms with van der Waals surface area (Å²) in [5.41, 5.74) is 2.73. The molecule has 0 radical (unpaired) electrons. The molecule has 1 aromatic rings. The average Bonchev–Trinajstić information content (AvgIpc) is 3.19. The van der Waals surface area contributed by atoms with Crippen molar-refractivity contribution < 1.29 is 0 Å². The molecule has 0 aromatic heterocycles. The van der Waals surface area contributed by atoms with Gasteiger partial charge in [0.25, 0.3) is 0 Å². The van der Waals surface area contributed by atoms with Gasteiger partial charge in [-0.1, -0.05) is 113 Å². The Morgan fingerprint density at radius 1 is 0.815 bits per heavy atom. The van der Waals surface area contributed by atoms with Crippen LogP contribution in [0.5, 0.6) is 0 Å². The SMILES string of the molecule is C.C#CCC(C)(C)C.CC(C)(C)CC1CC1.CC(C)(C)Cc1ccccc1. The van der Waals surface area contributed by atoms with Gasteiger partial charge >= 0.3 is 0 Å². The average molecular weight is 373 g/mol. The second-order valence-electron chi connectivity index (χ2n) is 11.4. The lowest BCUT2D eigenvalue weighted by Gasteiger charge is -2.17. The smallest absolute Gasteiger partial charge is 0.0135 e. The summed E-state index contributed by atoms with van der Waals surface area (Å²) in [4.78, 5) is 0. The molecule has 0 unspecified atom stereocenters. The normalized spacial score (nSPS) is 13.8. The Bertz CT molecular complexity index is 504. The Hall–Kier alpha value is -1.22. The van der Waals surface area contributed by atoms with Crippen LogP contribution >= 0.6 is 0 Å². The van der Waals surface area contributed by atoms with Crippen LogP contribution in [0.2, 0.25) is 0 Å². The molecule has 1 saturated carbocycles. The van der Waals surface area contributed by atoms with Crippen LogP contribution in [0.4, 0.5) is 0 Å². The van der Waals surface area contributed by atoms with E-state index in [-0.39, 0.29) is 7.43 Å². The molecular weight excluding hydrogens is 324 g/mol. The highest BCUT2D eigenvalue weighted by Crippen LogP contribution is 2.39. The third-order valence-corrected chi connectivity index (χ3v) is 3.81. The van der Waals surface area contributed by atoms with Gasteiger partial charge in [0, 0.05) is 6.42 Å². The predicted octanol–water partition coefficient (Wildman–Crippen LogP) is 8.80. The number of hydrogen-bond acceptors (Lipinski definition) is 0. The van der Waals surface area contributed by atoms with Gasteiger partial charge in [0.1, 0.15) is 0 Å². The summed E-state index contributed by atoms with van der Waals surface area (Å²) >= 11 is 0. The van der Waals surface area contributed by atoms with Crippen molar-refractivity contribution in [3.63, 3.8) is 0 Å². The lowest BCUT2D eigenvalue weighted by Crippen LogP contribution is -2.08. The maximum atomic E-state index is 5.06. The van der Waals surface area contributed by atoms with Crippen molar-refractivity contribution in [2.75, 3.05) is 0 Å². The molecule has 0 bridgehead atoms. The minimum absolute atomic E-state index is 0. The highest BCUT2D eigenvalue weighted by Gasteiger charge is 2.26. The van der Waals surface area contributed by atoms with Crippen molar-refractivity contribution in [1.29, 1.82) is 0 Å². The summed E-state index contributed by atoms with van der Waals surface area (Å²) in [5, 5.41) is 0. The largest absolute Gasteiger partial charge is 0.120 e. The van der Waals surface area contributed by atoms with Crippen LogP contribution in [0.15, 0.2) is 30.3 Å². The van der Waals surface area contributed by atoms with E-state index >= 15 is 0 Å². The van der Waals surface area contributed by atoms with Gasteiger partial charge in [-0.15, -0.1) is 12.3 Å². The maximum Gasteiger partial charge on any atom is 0.0135 e. The molecule has 0 heteroatoms. The second-order valence-corrected chi connectivity index (χ2v) is 11.4. The van der Waals surface area contributed by atoms with E-state index in [1.807, 2.05) is 0 Å². The van der Waals surface area contributed by atoms with Crippen LogP contribution in [0.3, 0.4) is 0 Å². The van der Waals surface area contributed by atoms with Gasteiger partial charge in [0.15, 0.2) is 0 Å². The van der Waals surface area contributed by atoms with Gasteiger partial charge in [-0.05, 0) is 40.6 Å². The summed E-state index contributed by atoms with van der Waals surface area (Å²) in [6.45, 7) is 20.2. The van der Waals surface area contributed by atoms with Crippen molar-refractivity contribution in [2.45, 2.75) is 102 Å². The lowest BCUT2D eigenvalue weighted by molar-refractivity contribution is 0.354. The third kappa shape index (κ3) is 22.7. The zero-order valence-corrected chi connectivity index (χ0v) is 19.1. The minimum atomic E-state index is 0. The van der Waals surface area contributed by atoms with E-state index < -0.39 is 0 Å². The molecule has 0 saturated heterocycles. The summed E-state index contributed by atoms with van der Waals surface area (Å²) in [7, 11) is 0. The summed E-state index contributed by atoms with van der Waals surface area (Å²) in [6, 6.07) is 10.6. The minimum Gasteiger partial charge on any atom is -0.120 e. The van der Waals surface area contributed by atoms with Crippen molar-refractivity contribution in [3.8, 4) is 12.3 Å². The molecule has 0 heterocycles. The standard InChI is InChI=1S/C11H16.C8H16.C7H12.CH4/c1-11(2,3)9-10-7-5-4-6-8-10;1-8(2,3)6-7-4-5-7;1-5-6-7(2,3)4;/h4-8H,9H2,1-3H3;7H,4-6H2,1-3H3;1H,6H2,2-4H3;1H4. The quantitative estimate of drug-likeness (QED) is 0.455. The van der Waals surface area contributed by atoms with Crippen molar-refractivity contribution in [3.05, 3.63) is 35.9 Å². The Morgan fingerprint density at radius 2 is 1.30 bits per heavy atom. The maximum absolute atomic E-state index is 5.06. The first kappa shape index (κ1) is 28.0. The lowest BCUT2D eigenvalue weighted by atomic mass is 9.88. The molecule has 1 aliphatic carbocycles. The Kier molecular flexibility index (Phi) is 12.7. The monoisotopic (exact) mass is 372 g/mol. The molecule has 1 fully saturated rings. The van der Waals surface area contributed by atoms with E-state index in [2.05, 4.69) is 98.6 Å². The Balaban J connectivity index is 0. The van der Waals surface area contributed by atoms with E-state index in [4.69, 9.17) is 6.42 Å². The molecule has 1 aromatic carbocycles. The molecule has 0 N–H and O–H groups in total. The van der Waals surface area contributed by atoms with Crippen LogP contribution < -0.4 is 0 Å². The number of hydrogen-bond donors (Lipinski definition) is 0. The van der Waals surface area contributed by atoms with E-state index in [1.54, 1.807) is 0 Å². The van der Waals surface area contributed by atoms with Gasteiger partial charge in [0.05, 0.1) is 0 Å². The second kappa shape index (κ2) is 12.3. The van der Waals surface area contributed by atoms with Gasteiger partial charge in [-0.2, -0.15) is 0 Å². The molecule has 0 spiro atoms. The van der Waals surface area contributed by atoms with Gasteiger partial charge in [-0.3, -0.25) is 0 Å². The van der Waals surface area contributed by atoms with E-state index in [9.17, 15) is 0 Å².